The maximum absolute atomic E-state index is 4.87. The fourth-order valence-electron chi connectivity index (χ4n) is 3.12. The Morgan fingerprint density at radius 3 is 2.40 bits per heavy atom. The number of thiazole rings is 1. The molecule has 1 aromatic carbocycles. The summed E-state index contributed by atoms with van der Waals surface area (Å²) in [5, 5.41) is 3.28. The second-order valence-corrected chi connectivity index (χ2v) is 7.52. The van der Waals surface area contributed by atoms with Gasteiger partial charge in [-0.15, -0.1) is 11.3 Å². The fraction of sp³-hybridized carbons (Fsp3) is 0.368. The molecule has 3 heterocycles. The SMILES string of the molecule is CC(C)c1ccc(-c2csc(N3CCN(c4ncc[nH]4)CC3)n2)cc1. The number of hydrogen-bond acceptors (Lipinski definition) is 5. The van der Waals surface area contributed by atoms with Crippen molar-refractivity contribution in [3.05, 3.63) is 47.6 Å². The van der Waals surface area contributed by atoms with Crippen LogP contribution in [0.4, 0.5) is 11.1 Å². The summed E-state index contributed by atoms with van der Waals surface area (Å²) in [5.41, 5.74) is 3.64. The van der Waals surface area contributed by atoms with Crippen molar-refractivity contribution < 1.29 is 0 Å². The summed E-state index contributed by atoms with van der Waals surface area (Å²) in [5.74, 6) is 1.52. The summed E-state index contributed by atoms with van der Waals surface area (Å²) >= 11 is 1.73. The van der Waals surface area contributed by atoms with E-state index in [1.54, 1.807) is 17.5 Å². The van der Waals surface area contributed by atoms with Crippen LogP contribution in [0.5, 0.6) is 0 Å². The molecule has 1 aliphatic heterocycles. The van der Waals surface area contributed by atoms with Crippen molar-refractivity contribution in [3.8, 4) is 11.3 Å². The van der Waals surface area contributed by atoms with Gasteiger partial charge in [0, 0.05) is 49.5 Å². The van der Waals surface area contributed by atoms with Crippen molar-refractivity contribution in [3.63, 3.8) is 0 Å². The molecule has 0 radical (unpaired) electrons. The molecule has 3 aromatic rings. The second kappa shape index (κ2) is 6.88. The maximum Gasteiger partial charge on any atom is 0.202 e. The Labute approximate surface area is 152 Å². The van der Waals surface area contributed by atoms with Crippen LogP contribution in [0.1, 0.15) is 25.3 Å². The van der Waals surface area contributed by atoms with E-state index in [1.165, 1.54) is 11.1 Å². The summed E-state index contributed by atoms with van der Waals surface area (Å²) in [6.45, 7) is 8.31. The third kappa shape index (κ3) is 3.39. The van der Waals surface area contributed by atoms with Crippen molar-refractivity contribution >= 4 is 22.4 Å². The van der Waals surface area contributed by atoms with Gasteiger partial charge >= 0.3 is 0 Å². The van der Waals surface area contributed by atoms with Crippen LogP contribution in [-0.4, -0.2) is 41.1 Å². The Hall–Kier alpha value is -2.34. The number of nitrogens with zero attached hydrogens (tertiary/aromatic N) is 4. The maximum atomic E-state index is 4.87. The van der Waals surface area contributed by atoms with Crippen LogP contribution < -0.4 is 9.80 Å². The Morgan fingerprint density at radius 2 is 1.76 bits per heavy atom. The van der Waals surface area contributed by atoms with Crippen molar-refractivity contribution in [2.24, 2.45) is 0 Å². The zero-order valence-electron chi connectivity index (χ0n) is 14.6. The molecular formula is C19H23N5S. The molecule has 130 valence electrons. The summed E-state index contributed by atoms with van der Waals surface area (Å²) in [6, 6.07) is 8.79. The van der Waals surface area contributed by atoms with E-state index < -0.39 is 0 Å². The first kappa shape index (κ1) is 16.1. The predicted molar refractivity (Wildman–Crippen MR) is 105 cm³/mol. The lowest BCUT2D eigenvalue weighted by Crippen LogP contribution is -2.46. The van der Waals surface area contributed by atoms with Gasteiger partial charge in [-0.1, -0.05) is 38.1 Å². The van der Waals surface area contributed by atoms with Gasteiger partial charge in [-0.3, -0.25) is 0 Å². The van der Waals surface area contributed by atoms with Gasteiger partial charge in [0.2, 0.25) is 5.95 Å². The monoisotopic (exact) mass is 353 g/mol. The van der Waals surface area contributed by atoms with E-state index in [-0.39, 0.29) is 0 Å². The van der Waals surface area contributed by atoms with E-state index in [2.05, 4.69) is 63.3 Å². The van der Waals surface area contributed by atoms with Crippen LogP contribution in [0.25, 0.3) is 11.3 Å². The number of anilines is 2. The Morgan fingerprint density at radius 1 is 1.04 bits per heavy atom. The number of hydrogen-bond donors (Lipinski definition) is 1. The van der Waals surface area contributed by atoms with Crippen molar-refractivity contribution in [2.75, 3.05) is 36.0 Å². The summed E-state index contributed by atoms with van der Waals surface area (Å²) in [6.07, 6.45) is 3.68. The van der Waals surface area contributed by atoms with Gasteiger partial charge < -0.3 is 14.8 Å². The first-order valence-corrected chi connectivity index (χ1v) is 9.64. The van der Waals surface area contributed by atoms with Gasteiger partial charge in [-0.2, -0.15) is 0 Å². The average Bonchev–Trinajstić information content (AvgIpc) is 3.34. The molecule has 5 nitrogen and oxygen atoms in total. The molecule has 1 aliphatic rings. The Balaban J connectivity index is 1.43. The molecule has 2 aromatic heterocycles. The lowest BCUT2D eigenvalue weighted by atomic mass is 10.0. The zero-order valence-corrected chi connectivity index (χ0v) is 15.5. The van der Waals surface area contributed by atoms with Crippen LogP contribution in [0.3, 0.4) is 0 Å². The lowest BCUT2D eigenvalue weighted by molar-refractivity contribution is 0.641. The number of H-pyrrole nitrogens is 1. The van der Waals surface area contributed by atoms with Gasteiger partial charge in [0.05, 0.1) is 5.69 Å². The summed E-state index contributed by atoms with van der Waals surface area (Å²) < 4.78 is 0. The van der Waals surface area contributed by atoms with E-state index in [4.69, 9.17) is 4.98 Å². The minimum absolute atomic E-state index is 0.561. The van der Waals surface area contributed by atoms with Crippen LogP contribution in [-0.2, 0) is 0 Å². The highest BCUT2D eigenvalue weighted by Gasteiger charge is 2.21. The predicted octanol–water partition coefficient (Wildman–Crippen LogP) is 3.98. The molecule has 4 rings (SSSR count). The fourth-order valence-corrected chi connectivity index (χ4v) is 4.01. The highest BCUT2D eigenvalue weighted by atomic mass is 32.1. The molecule has 0 unspecified atom stereocenters. The highest BCUT2D eigenvalue weighted by Crippen LogP contribution is 2.29. The number of imidazole rings is 1. The number of aromatic amines is 1. The van der Waals surface area contributed by atoms with Crippen LogP contribution in [0, 0.1) is 0 Å². The van der Waals surface area contributed by atoms with Gasteiger partial charge in [0.1, 0.15) is 0 Å². The highest BCUT2D eigenvalue weighted by molar-refractivity contribution is 7.14. The number of benzene rings is 1. The van der Waals surface area contributed by atoms with E-state index >= 15 is 0 Å². The molecule has 0 saturated carbocycles. The number of aromatic nitrogens is 3. The summed E-state index contributed by atoms with van der Waals surface area (Å²) in [7, 11) is 0. The zero-order chi connectivity index (χ0) is 17.2. The minimum atomic E-state index is 0.561. The molecule has 25 heavy (non-hydrogen) atoms. The van der Waals surface area contributed by atoms with Crippen molar-refractivity contribution in [2.45, 2.75) is 19.8 Å². The molecule has 0 spiro atoms. The molecular weight excluding hydrogens is 330 g/mol. The third-order valence-corrected chi connectivity index (χ3v) is 5.60. The first-order chi connectivity index (χ1) is 12.2. The Kier molecular flexibility index (Phi) is 4.44. The smallest absolute Gasteiger partial charge is 0.202 e. The standard InChI is InChI=1S/C19H23N5S/c1-14(2)15-3-5-16(6-4-15)17-13-25-19(22-17)24-11-9-23(10-12-24)18-20-7-8-21-18/h3-8,13-14H,9-12H2,1-2H3,(H,20,21). The molecule has 0 atom stereocenters. The largest absolute Gasteiger partial charge is 0.345 e. The van der Waals surface area contributed by atoms with Crippen LogP contribution in [0.15, 0.2) is 42.0 Å². The number of nitrogens with one attached hydrogen (secondary N) is 1. The molecule has 0 bridgehead atoms. The van der Waals surface area contributed by atoms with Gasteiger partial charge in [0.25, 0.3) is 0 Å². The van der Waals surface area contributed by atoms with E-state index in [9.17, 15) is 0 Å². The van der Waals surface area contributed by atoms with E-state index in [0.717, 1.165) is 43.0 Å². The van der Waals surface area contributed by atoms with Gasteiger partial charge in [-0.25, -0.2) is 9.97 Å². The lowest BCUT2D eigenvalue weighted by Gasteiger charge is -2.34. The van der Waals surface area contributed by atoms with Crippen molar-refractivity contribution in [1.29, 1.82) is 0 Å². The third-order valence-electron chi connectivity index (χ3n) is 4.70. The second-order valence-electron chi connectivity index (χ2n) is 6.68. The van der Waals surface area contributed by atoms with Crippen LogP contribution in [0.2, 0.25) is 0 Å². The van der Waals surface area contributed by atoms with Gasteiger partial charge in [-0.05, 0) is 11.5 Å². The normalized spacial score (nSPS) is 15.2. The first-order valence-electron chi connectivity index (χ1n) is 8.76. The van der Waals surface area contributed by atoms with E-state index in [0.29, 0.717) is 5.92 Å². The molecule has 6 heteroatoms. The molecule has 1 N–H and O–H groups in total. The molecule has 0 aliphatic carbocycles. The molecule has 1 fully saturated rings. The van der Waals surface area contributed by atoms with Crippen molar-refractivity contribution in [1.82, 2.24) is 15.0 Å². The minimum Gasteiger partial charge on any atom is -0.345 e. The number of rotatable bonds is 4. The van der Waals surface area contributed by atoms with Gasteiger partial charge in [0.15, 0.2) is 5.13 Å². The molecule has 1 saturated heterocycles. The Bertz CT molecular complexity index is 799. The molecule has 0 amide bonds. The van der Waals surface area contributed by atoms with E-state index in [1.807, 2.05) is 6.20 Å². The average molecular weight is 353 g/mol. The van der Waals surface area contributed by atoms with Crippen LogP contribution >= 0.6 is 11.3 Å². The topological polar surface area (TPSA) is 48.0 Å². The quantitative estimate of drug-likeness (QED) is 0.771. The summed E-state index contributed by atoms with van der Waals surface area (Å²) in [4.78, 5) is 17.0. The number of piperazine rings is 1.